The molecule has 7 heteroatoms. The minimum Gasteiger partial charge on any atom is -0.349 e. The van der Waals surface area contributed by atoms with Gasteiger partial charge in [0.2, 0.25) is 0 Å². The molecule has 3 aromatic rings. The standard InChI is InChI=1S/C20H25N5OS/c1-2-25(20(26)18-12-17-16(24-18)7-4-8-21-17)15-6-3-5-14(11-15)23-13-19-22-9-10-27-19/h4,7-10,12,14-15,23-24H,2-3,5-6,11,13H2,1H3. The molecule has 1 amide bonds. The highest BCUT2D eigenvalue weighted by Gasteiger charge is 2.30. The third kappa shape index (κ3) is 4.04. The van der Waals surface area contributed by atoms with Crippen LogP contribution in [0.4, 0.5) is 0 Å². The van der Waals surface area contributed by atoms with E-state index in [0.29, 0.717) is 18.3 Å². The van der Waals surface area contributed by atoms with Gasteiger partial charge in [0.05, 0.1) is 11.0 Å². The van der Waals surface area contributed by atoms with E-state index >= 15 is 0 Å². The van der Waals surface area contributed by atoms with Crippen LogP contribution in [0.2, 0.25) is 0 Å². The first-order chi connectivity index (χ1) is 13.2. The molecule has 1 aliphatic rings. The van der Waals surface area contributed by atoms with Gasteiger partial charge in [0.1, 0.15) is 10.7 Å². The number of hydrogen-bond acceptors (Lipinski definition) is 5. The summed E-state index contributed by atoms with van der Waals surface area (Å²) in [6.07, 6.45) is 7.94. The maximum absolute atomic E-state index is 13.1. The molecule has 3 aromatic heterocycles. The lowest BCUT2D eigenvalue weighted by Crippen LogP contribution is -2.46. The van der Waals surface area contributed by atoms with Crippen molar-refractivity contribution < 1.29 is 4.79 Å². The number of carbonyl (C=O) groups is 1. The van der Waals surface area contributed by atoms with Crippen LogP contribution in [0.15, 0.2) is 36.0 Å². The van der Waals surface area contributed by atoms with Gasteiger partial charge in [0, 0.05) is 42.9 Å². The lowest BCUT2D eigenvalue weighted by Gasteiger charge is -2.37. The fraction of sp³-hybridized carbons (Fsp3) is 0.450. The summed E-state index contributed by atoms with van der Waals surface area (Å²) >= 11 is 1.68. The van der Waals surface area contributed by atoms with Crippen LogP contribution in [0, 0.1) is 0 Å². The summed E-state index contributed by atoms with van der Waals surface area (Å²) in [7, 11) is 0. The van der Waals surface area contributed by atoms with E-state index in [4.69, 9.17) is 0 Å². The van der Waals surface area contributed by atoms with Gasteiger partial charge in [-0.2, -0.15) is 0 Å². The van der Waals surface area contributed by atoms with E-state index in [1.165, 1.54) is 0 Å². The number of carbonyl (C=O) groups excluding carboxylic acids is 1. The van der Waals surface area contributed by atoms with E-state index in [-0.39, 0.29) is 11.9 Å². The molecular weight excluding hydrogens is 358 g/mol. The Hall–Kier alpha value is -2.25. The molecule has 0 radical (unpaired) electrons. The van der Waals surface area contributed by atoms with E-state index in [2.05, 4.69) is 27.2 Å². The maximum atomic E-state index is 13.1. The molecule has 1 aliphatic carbocycles. The van der Waals surface area contributed by atoms with Crippen molar-refractivity contribution in [2.45, 2.75) is 51.2 Å². The summed E-state index contributed by atoms with van der Waals surface area (Å²) in [5.41, 5.74) is 2.37. The number of aromatic amines is 1. The van der Waals surface area contributed by atoms with Crippen LogP contribution in [0.25, 0.3) is 11.0 Å². The Bertz CT molecular complexity index is 858. The van der Waals surface area contributed by atoms with Crippen LogP contribution in [0.5, 0.6) is 0 Å². The van der Waals surface area contributed by atoms with E-state index in [1.54, 1.807) is 17.5 Å². The summed E-state index contributed by atoms with van der Waals surface area (Å²) in [5, 5.41) is 6.75. The molecular formula is C20H25N5OS. The summed E-state index contributed by atoms with van der Waals surface area (Å²) in [6.45, 7) is 3.58. The van der Waals surface area contributed by atoms with E-state index in [9.17, 15) is 4.79 Å². The lowest BCUT2D eigenvalue weighted by molar-refractivity contribution is 0.0623. The van der Waals surface area contributed by atoms with Crippen molar-refractivity contribution in [2.75, 3.05) is 6.54 Å². The number of thiazole rings is 1. The average Bonchev–Trinajstić information content (AvgIpc) is 3.37. The molecule has 1 fully saturated rings. The molecule has 27 heavy (non-hydrogen) atoms. The minimum atomic E-state index is 0.0704. The Morgan fingerprint density at radius 3 is 3.07 bits per heavy atom. The number of amides is 1. The predicted octanol–water partition coefficient (Wildman–Crippen LogP) is 3.58. The third-order valence-electron chi connectivity index (χ3n) is 5.33. The van der Waals surface area contributed by atoms with Crippen molar-refractivity contribution in [1.29, 1.82) is 0 Å². The summed E-state index contributed by atoms with van der Waals surface area (Å²) in [4.78, 5) is 27.0. The van der Waals surface area contributed by atoms with Crippen molar-refractivity contribution in [2.24, 2.45) is 0 Å². The maximum Gasteiger partial charge on any atom is 0.270 e. The molecule has 3 heterocycles. The van der Waals surface area contributed by atoms with Crippen LogP contribution in [0.1, 0.15) is 48.1 Å². The summed E-state index contributed by atoms with van der Waals surface area (Å²) in [6, 6.07) is 6.39. The first-order valence-electron chi connectivity index (χ1n) is 9.61. The van der Waals surface area contributed by atoms with Crippen LogP contribution in [-0.4, -0.2) is 44.4 Å². The highest BCUT2D eigenvalue weighted by atomic mass is 32.1. The molecule has 2 N–H and O–H groups in total. The number of H-pyrrole nitrogens is 1. The van der Waals surface area contributed by atoms with Gasteiger partial charge in [0.15, 0.2) is 0 Å². The summed E-state index contributed by atoms with van der Waals surface area (Å²) in [5.74, 6) is 0.0704. The Morgan fingerprint density at radius 1 is 1.37 bits per heavy atom. The minimum absolute atomic E-state index is 0.0704. The second kappa shape index (κ2) is 8.19. The molecule has 6 nitrogen and oxygen atoms in total. The summed E-state index contributed by atoms with van der Waals surface area (Å²) < 4.78 is 0. The molecule has 4 rings (SSSR count). The van der Waals surface area contributed by atoms with Crippen molar-refractivity contribution >= 4 is 28.3 Å². The molecule has 0 aromatic carbocycles. The SMILES string of the molecule is CCN(C(=O)c1cc2ncccc2[nH]1)C1CCCC(NCc2nccs2)C1. The number of aromatic nitrogens is 3. The van der Waals surface area contributed by atoms with Crippen LogP contribution in [0.3, 0.4) is 0 Å². The predicted molar refractivity (Wildman–Crippen MR) is 108 cm³/mol. The molecule has 2 atom stereocenters. The monoisotopic (exact) mass is 383 g/mol. The number of nitrogens with zero attached hydrogens (tertiary/aromatic N) is 3. The quantitative estimate of drug-likeness (QED) is 0.682. The van der Waals surface area contributed by atoms with E-state index < -0.39 is 0 Å². The first-order valence-corrected chi connectivity index (χ1v) is 10.5. The lowest BCUT2D eigenvalue weighted by atomic mass is 9.89. The zero-order valence-corrected chi connectivity index (χ0v) is 16.3. The Labute approximate surface area is 163 Å². The Kier molecular flexibility index (Phi) is 5.50. The molecule has 0 aliphatic heterocycles. The molecule has 0 saturated heterocycles. The van der Waals surface area contributed by atoms with Crippen molar-refractivity contribution in [3.8, 4) is 0 Å². The van der Waals surface area contributed by atoms with Crippen LogP contribution in [-0.2, 0) is 6.54 Å². The Balaban J connectivity index is 1.43. The smallest absolute Gasteiger partial charge is 0.270 e. The van der Waals surface area contributed by atoms with Gasteiger partial charge >= 0.3 is 0 Å². The van der Waals surface area contributed by atoms with Gasteiger partial charge in [-0.15, -0.1) is 11.3 Å². The van der Waals surface area contributed by atoms with Gasteiger partial charge in [-0.1, -0.05) is 0 Å². The fourth-order valence-corrected chi connectivity index (χ4v) is 4.57. The third-order valence-corrected chi connectivity index (χ3v) is 6.11. The number of pyridine rings is 1. The topological polar surface area (TPSA) is 73.9 Å². The first kappa shape index (κ1) is 18.1. The van der Waals surface area contributed by atoms with E-state index in [1.807, 2.05) is 34.7 Å². The second-order valence-electron chi connectivity index (χ2n) is 7.03. The van der Waals surface area contributed by atoms with Gasteiger partial charge in [-0.05, 0) is 50.8 Å². The van der Waals surface area contributed by atoms with Gasteiger partial charge < -0.3 is 15.2 Å². The number of rotatable bonds is 6. The van der Waals surface area contributed by atoms with Gasteiger partial charge in [0.25, 0.3) is 5.91 Å². The normalized spacial score (nSPS) is 20.0. The highest BCUT2D eigenvalue weighted by Crippen LogP contribution is 2.25. The number of nitrogens with one attached hydrogen (secondary N) is 2. The van der Waals surface area contributed by atoms with Crippen molar-refractivity contribution in [3.05, 3.63) is 46.7 Å². The highest BCUT2D eigenvalue weighted by molar-refractivity contribution is 7.09. The average molecular weight is 384 g/mol. The zero-order chi connectivity index (χ0) is 18.6. The number of hydrogen-bond donors (Lipinski definition) is 2. The van der Waals surface area contributed by atoms with Gasteiger partial charge in [-0.3, -0.25) is 9.78 Å². The molecule has 0 bridgehead atoms. The second-order valence-corrected chi connectivity index (χ2v) is 8.01. The van der Waals surface area contributed by atoms with Crippen LogP contribution < -0.4 is 5.32 Å². The molecule has 1 saturated carbocycles. The zero-order valence-electron chi connectivity index (χ0n) is 15.5. The van der Waals surface area contributed by atoms with Crippen molar-refractivity contribution in [3.63, 3.8) is 0 Å². The van der Waals surface area contributed by atoms with Crippen molar-refractivity contribution in [1.82, 2.24) is 25.2 Å². The Morgan fingerprint density at radius 2 is 2.30 bits per heavy atom. The molecule has 0 spiro atoms. The fourth-order valence-electron chi connectivity index (χ4n) is 4.00. The molecule has 2 unspecified atom stereocenters. The van der Waals surface area contributed by atoms with Gasteiger partial charge in [-0.25, -0.2) is 4.98 Å². The van der Waals surface area contributed by atoms with E-state index in [0.717, 1.165) is 48.3 Å². The van der Waals surface area contributed by atoms with Crippen LogP contribution >= 0.6 is 11.3 Å². The largest absolute Gasteiger partial charge is 0.349 e. The molecule has 142 valence electrons. The number of fused-ring (bicyclic) bond motifs is 1.